The predicted molar refractivity (Wildman–Crippen MR) is 84.1 cm³/mol. The van der Waals surface area contributed by atoms with Gasteiger partial charge in [-0.05, 0) is 44.5 Å². The molecule has 1 aromatic carbocycles. The van der Waals surface area contributed by atoms with Gasteiger partial charge in [-0.25, -0.2) is 4.39 Å². The minimum Gasteiger partial charge on any atom is -0.505 e. The summed E-state index contributed by atoms with van der Waals surface area (Å²) >= 11 is 5.82. The average Bonchev–Trinajstić information content (AvgIpc) is 2.51. The Labute approximate surface area is 139 Å². The number of methoxy groups -OCH3 is 1. The molecule has 0 aromatic heterocycles. The molecule has 2 rings (SSSR count). The van der Waals surface area contributed by atoms with E-state index in [0.29, 0.717) is 51.1 Å². The number of carbonyl (C=O) groups is 1. The monoisotopic (exact) mass is 345 g/mol. The van der Waals surface area contributed by atoms with Crippen molar-refractivity contribution < 1.29 is 24.1 Å². The van der Waals surface area contributed by atoms with Gasteiger partial charge in [0.1, 0.15) is 0 Å². The molecule has 1 aliphatic rings. The quantitative estimate of drug-likeness (QED) is 0.829. The highest BCUT2D eigenvalue weighted by atomic mass is 35.5. The van der Waals surface area contributed by atoms with Crippen LogP contribution >= 0.6 is 11.6 Å². The Morgan fingerprint density at radius 3 is 2.65 bits per heavy atom. The first-order chi connectivity index (χ1) is 10.9. The fourth-order valence-electron chi connectivity index (χ4n) is 2.99. The summed E-state index contributed by atoms with van der Waals surface area (Å²) in [6.45, 7) is 1.86. The molecule has 5 nitrogen and oxygen atoms in total. The SMILES string of the molecule is COCCC1(C(=O)O)CCN(Cc2cc(Cl)cc(F)c2O)CC1. The van der Waals surface area contributed by atoms with Gasteiger partial charge in [0.2, 0.25) is 0 Å². The molecule has 1 saturated heterocycles. The molecular formula is C16H21ClFNO4. The fourth-order valence-corrected chi connectivity index (χ4v) is 3.22. The first kappa shape index (κ1) is 18.0. The Balaban J connectivity index is 2.03. The van der Waals surface area contributed by atoms with Gasteiger partial charge in [0.15, 0.2) is 11.6 Å². The van der Waals surface area contributed by atoms with Gasteiger partial charge in [-0.3, -0.25) is 9.69 Å². The zero-order chi connectivity index (χ0) is 17.0. The molecule has 1 aromatic rings. The van der Waals surface area contributed by atoms with E-state index in [2.05, 4.69) is 0 Å². The maximum Gasteiger partial charge on any atom is 0.309 e. The van der Waals surface area contributed by atoms with Crippen LogP contribution in [0.2, 0.25) is 5.02 Å². The lowest BCUT2D eigenvalue weighted by Gasteiger charge is -2.38. The maximum atomic E-state index is 13.5. The van der Waals surface area contributed by atoms with E-state index in [1.54, 1.807) is 7.11 Å². The summed E-state index contributed by atoms with van der Waals surface area (Å²) in [5, 5.41) is 19.5. The van der Waals surface area contributed by atoms with Crippen LogP contribution in [0.4, 0.5) is 4.39 Å². The number of aromatic hydroxyl groups is 1. The third-order valence-corrected chi connectivity index (χ3v) is 4.77. The highest BCUT2D eigenvalue weighted by molar-refractivity contribution is 6.30. The Bertz CT molecular complexity index is 573. The van der Waals surface area contributed by atoms with Gasteiger partial charge in [0, 0.05) is 30.8 Å². The highest BCUT2D eigenvalue weighted by Gasteiger charge is 2.41. The van der Waals surface area contributed by atoms with Crippen molar-refractivity contribution in [3.63, 3.8) is 0 Å². The van der Waals surface area contributed by atoms with E-state index in [1.807, 2.05) is 4.90 Å². The van der Waals surface area contributed by atoms with Crippen molar-refractivity contribution in [1.82, 2.24) is 4.90 Å². The molecule has 0 bridgehead atoms. The molecule has 0 aliphatic carbocycles. The Hall–Kier alpha value is -1.37. The number of rotatable bonds is 6. The lowest BCUT2D eigenvalue weighted by atomic mass is 9.76. The number of hydrogen-bond acceptors (Lipinski definition) is 4. The number of nitrogens with zero attached hydrogens (tertiary/aromatic N) is 1. The van der Waals surface area contributed by atoms with E-state index in [-0.39, 0.29) is 5.02 Å². The van der Waals surface area contributed by atoms with Crippen molar-refractivity contribution in [3.8, 4) is 5.75 Å². The van der Waals surface area contributed by atoms with Crippen LogP contribution in [0.3, 0.4) is 0 Å². The summed E-state index contributed by atoms with van der Waals surface area (Å²) in [5.74, 6) is -1.95. The first-order valence-electron chi connectivity index (χ1n) is 7.49. The number of hydrogen-bond donors (Lipinski definition) is 2. The lowest BCUT2D eigenvalue weighted by Crippen LogP contribution is -2.44. The maximum absolute atomic E-state index is 13.5. The molecule has 23 heavy (non-hydrogen) atoms. The minimum absolute atomic E-state index is 0.229. The summed E-state index contributed by atoms with van der Waals surface area (Å²) in [6, 6.07) is 2.60. The summed E-state index contributed by atoms with van der Waals surface area (Å²) in [5.41, 5.74) is -0.358. The normalized spacial score (nSPS) is 18.0. The Kier molecular flexibility index (Phi) is 5.84. The Morgan fingerprint density at radius 2 is 2.09 bits per heavy atom. The topological polar surface area (TPSA) is 70.0 Å². The molecule has 2 N–H and O–H groups in total. The second kappa shape index (κ2) is 7.47. The van der Waals surface area contributed by atoms with Crippen LogP contribution in [0.15, 0.2) is 12.1 Å². The van der Waals surface area contributed by atoms with Crippen LogP contribution in [0, 0.1) is 11.2 Å². The zero-order valence-corrected chi connectivity index (χ0v) is 13.8. The number of carboxylic acid groups (broad SMARTS) is 1. The van der Waals surface area contributed by atoms with E-state index in [1.165, 1.54) is 6.07 Å². The molecule has 1 heterocycles. The molecule has 0 radical (unpaired) electrons. The molecule has 128 valence electrons. The lowest BCUT2D eigenvalue weighted by molar-refractivity contribution is -0.153. The number of benzene rings is 1. The third kappa shape index (κ3) is 4.13. The molecule has 1 fully saturated rings. The van der Waals surface area contributed by atoms with Crippen molar-refractivity contribution in [2.75, 3.05) is 26.8 Å². The van der Waals surface area contributed by atoms with Crippen molar-refractivity contribution in [2.45, 2.75) is 25.8 Å². The van der Waals surface area contributed by atoms with Gasteiger partial charge < -0.3 is 14.9 Å². The van der Waals surface area contributed by atoms with Crippen LogP contribution in [-0.2, 0) is 16.1 Å². The summed E-state index contributed by atoms with van der Waals surface area (Å²) in [7, 11) is 1.56. The van der Waals surface area contributed by atoms with Crippen molar-refractivity contribution >= 4 is 17.6 Å². The summed E-state index contributed by atoms with van der Waals surface area (Å²) in [4.78, 5) is 13.6. The van der Waals surface area contributed by atoms with Gasteiger partial charge in [-0.1, -0.05) is 11.6 Å². The van der Waals surface area contributed by atoms with Gasteiger partial charge in [-0.15, -0.1) is 0 Å². The molecule has 7 heteroatoms. The smallest absolute Gasteiger partial charge is 0.309 e. The van der Waals surface area contributed by atoms with Crippen LogP contribution < -0.4 is 0 Å². The second-order valence-corrected chi connectivity index (χ2v) is 6.44. The number of ether oxygens (including phenoxy) is 1. The number of carboxylic acids is 1. The molecule has 0 unspecified atom stereocenters. The number of piperidine rings is 1. The summed E-state index contributed by atoms with van der Waals surface area (Å²) in [6.07, 6.45) is 1.47. The van der Waals surface area contributed by atoms with Crippen LogP contribution in [-0.4, -0.2) is 47.9 Å². The number of phenols is 1. The molecular weight excluding hydrogens is 325 g/mol. The minimum atomic E-state index is -0.800. The van der Waals surface area contributed by atoms with E-state index >= 15 is 0 Å². The number of aliphatic carboxylic acids is 1. The zero-order valence-electron chi connectivity index (χ0n) is 13.0. The van der Waals surface area contributed by atoms with E-state index < -0.39 is 23.0 Å². The van der Waals surface area contributed by atoms with Crippen LogP contribution in [0.1, 0.15) is 24.8 Å². The van der Waals surface area contributed by atoms with Gasteiger partial charge >= 0.3 is 5.97 Å². The number of halogens is 2. The molecule has 0 atom stereocenters. The number of likely N-dealkylation sites (tertiary alicyclic amines) is 1. The first-order valence-corrected chi connectivity index (χ1v) is 7.87. The number of phenolic OH excluding ortho intramolecular Hbond substituents is 1. The highest BCUT2D eigenvalue weighted by Crippen LogP contribution is 2.36. The van der Waals surface area contributed by atoms with Gasteiger partial charge in [0.05, 0.1) is 5.41 Å². The van der Waals surface area contributed by atoms with Crippen molar-refractivity contribution in [1.29, 1.82) is 0 Å². The van der Waals surface area contributed by atoms with E-state index in [9.17, 15) is 19.4 Å². The van der Waals surface area contributed by atoms with Crippen LogP contribution in [0.5, 0.6) is 5.75 Å². The Morgan fingerprint density at radius 1 is 1.43 bits per heavy atom. The molecule has 0 spiro atoms. The fraction of sp³-hybridized carbons (Fsp3) is 0.562. The predicted octanol–water partition coefficient (Wildman–Crippen LogP) is 2.89. The van der Waals surface area contributed by atoms with Crippen molar-refractivity contribution in [3.05, 3.63) is 28.5 Å². The second-order valence-electron chi connectivity index (χ2n) is 6.00. The van der Waals surface area contributed by atoms with Crippen LogP contribution in [0.25, 0.3) is 0 Å². The van der Waals surface area contributed by atoms with Gasteiger partial charge in [-0.2, -0.15) is 0 Å². The molecule has 0 saturated carbocycles. The summed E-state index contributed by atoms with van der Waals surface area (Å²) < 4.78 is 18.5. The third-order valence-electron chi connectivity index (χ3n) is 4.55. The largest absolute Gasteiger partial charge is 0.505 e. The van der Waals surface area contributed by atoms with E-state index in [4.69, 9.17) is 16.3 Å². The van der Waals surface area contributed by atoms with Gasteiger partial charge in [0.25, 0.3) is 0 Å². The van der Waals surface area contributed by atoms with Crippen molar-refractivity contribution in [2.24, 2.45) is 5.41 Å². The average molecular weight is 346 g/mol. The molecule has 0 amide bonds. The van der Waals surface area contributed by atoms with E-state index in [0.717, 1.165) is 6.07 Å². The standard InChI is InChI=1S/C16H21ClFNO4/c1-23-7-4-16(15(21)22)2-5-19(6-3-16)10-11-8-12(17)9-13(18)14(11)20/h8-9,20H,2-7,10H2,1H3,(H,21,22). The molecule has 1 aliphatic heterocycles.